The van der Waals surface area contributed by atoms with Crippen molar-refractivity contribution in [1.82, 2.24) is 4.72 Å². The van der Waals surface area contributed by atoms with Crippen LogP contribution in [-0.2, 0) is 10.0 Å². The largest absolute Gasteiger partial charge is 0.268 e. The van der Waals surface area contributed by atoms with Crippen molar-refractivity contribution < 1.29 is 17.6 Å². The van der Waals surface area contributed by atoms with Crippen LogP contribution in [0.5, 0.6) is 0 Å². The smallest absolute Gasteiger partial charge is 0.265 e. The van der Waals surface area contributed by atoms with E-state index in [9.17, 15) is 17.6 Å². The van der Waals surface area contributed by atoms with Crippen LogP contribution in [0.15, 0.2) is 52.3 Å². The lowest BCUT2D eigenvalue weighted by Crippen LogP contribution is -2.30. The predicted molar refractivity (Wildman–Crippen MR) is 84.0 cm³/mol. The molecule has 118 valence electrons. The fourth-order valence-electron chi connectivity index (χ4n) is 1.77. The highest BCUT2D eigenvalue weighted by atomic mass is 32.2. The summed E-state index contributed by atoms with van der Waals surface area (Å²) in [6, 6.07) is 10.7. The minimum Gasteiger partial charge on any atom is -0.268 e. The topological polar surface area (TPSA) is 87.0 Å². The molecule has 0 saturated carbocycles. The van der Waals surface area contributed by atoms with Crippen LogP contribution in [0.3, 0.4) is 0 Å². The Labute approximate surface area is 137 Å². The maximum Gasteiger partial charge on any atom is 0.265 e. The summed E-state index contributed by atoms with van der Waals surface area (Å²) >= 11 is 1.11. The molecule has 2 rings (SSSR count). The summed E-state index contributed by atoms with van der Waals surface area (Å²) in [5, 5.41) is 8.80. The first kappa shape index (κ1) is 17.0. The average Bonchev–Trinajstić information content (AvgIpc) is 2.54. The number of sulfonamides is 1. The Bertz CT molecular complexity index is 905. The Hall–Kier alpha value is -2.37. The van der Waals surface area contributed by atoms with Gasteiger partial charge in [-0.15, -0.1) is 11.8 Å². The minimum atomic E-state index is -4.12. The van der Waals surface area contributed by atoms with Crippen molar-refractivity contribution in [1.29, 1.82) is 5.26 Å². The third kappa shape index (κ3) is 3.88. The second-order valence-electron chi connectivity index (χ2n) is 4.42. The van der Waals surface area contributed by atoms with E-state index in [0.717, 1.165) is 23.9 Å². The summed E-state index contributed by atoms with van der Waals surface area (Å²) in [6.45, 7) is 0. The van der Waals surface area contributed by atoms with Crippen molar-refractivity contribution in [3.63, 3.8) is 0 Å². The maximum absolute atomic E-state index is 13.4. The molecule has 2 aromatic rings. The third-order valence-corrected chi connectivity index (χ3v) is 5.00. The van der Waals surface area contributed by atoms with Gasteiger partial charge in [0.25, 0.3) is 15.9 Å². The van der Waals surface area contributed by atoms with E-state index in [4.69, 9.17) is 5.26 Å². The molecule has 0 spiro atoms. The van der Waals surface area contributed by atoms with E-state index < -0.39 is 21.7 Å². The molecule has 5 nitrogen and oxygen atoms in total. The number of hydrogen-bond donors (Lipinski definition) is 1. The number of hydrogen-bond acceptors (Lipinski definition) is 5. The number of nitrogens with zero attached hydrogens (tertiary/aromatic N) is 1. The molecule has 0 atom stereocenters. The highest BCUT2D eigenvalue weighted by Gasteiger charge is 2.19. The van der Waals surface area contributed by atoms with Crippen LogP contribution in [0.4, 0.5) is 4.39 Å². The fraction of sp³-hybridized carbons (Fsp3) is 0.0667. The summed E-state index contributed by atoms with van der Waals surface area (Å²) in [4.78, 5) is 12.1. The van der Waals surface area contributed by atoms with E-state index in [-0.39, 0.29) is 20.9 Å². The molecule has 0 fully saturated rings. The van der Waals surface area contributed by atoms with Gasteiger partial charge in [-0.25, -0.2) is 17.5 Å². The molecule has 0 aliphatic carbocycles. The van der Waals surface area contributed by atoms with E-state index in [2.05, 4.69) is 0 Å². The summed E-state index contributed by atoms with van der Waals surface area (Å²) < 4.78 is 39.7. The number of carbonyl (C=O) groups is 1. The predicted octanol–water partition coefficient (Wildman–Crippen LogP) is 2.54. The quantitative estimate of drug-likeness (QED) is 0.856. The van der Waals surface area contributed by atoms with Gasteiger partial charge in [0, 0.05) is 10.5 Å². The number of carbonyl (C=O) groups excluding carboxylic acids is 1. The van der Waals surface area contributed by atoms with E-state index in [0.29, 0.717) is 0 Å². The van der Waals surface area contributed by atoms with Crippen LogP contribution < -0.4 is 4.72 Å². The first-order valence-electron chi connectivity index (χ1n) is 6.28. The molecule has 0 heterocycles. The first-order chi connectivity index (χ1) is 10.9. The lowest BCUT2D eigenvalue weighted by molar-refractivity contribution is 0.0981. The van der Waals surface area contributed by atoms with Gasteiger partial charge in [-0.2, -0.15) is 5.26 Å². The Balaban J connectivity index is 2.30. The summed E-state index contributed by atoms with van der Waals surface area (Å²) in [6.07, 6.45) is 1.64. The summed E-state index contributed by atoms with van der Waals surface area (Å²) in [5.74, 6) is -1.36. The van der Waals surface area contributed by atoms with Crippen molar-refractivity contribution in [2.24, 2.45) is 0 Å². The molecular formula is C15H11FN2O3S2. The molecule has 23 heavy (non-hydrogen) atoms. The number of halogens is 1. The van der Waals surface area contributed by atoms with Crippen molar-refractivity contribution in [3.05, 3.63) is 59.4 Å². The van der Waals surface area contributed by atoms with Crippen molar-refractivity contribution in [2.75, 3.05) is 6.26 Å². The van der Waals surface area contributed by atoms with Gasteiger partial charge in [0.05, 0.1) is 16.5 Å². The van der Waals surface area contributed by atoms with E-state index in [1.54, 1.807) is 6.26 Å². The molecule has 0 aromatic heterocycles. The van der Waals surface area contributed by atoms with Crippen LogP contribution in [0, 0.1) is 17.1 Å². The normalized spacial score (nSPS) is 10.8. The Morgan fingerprint density at radius 1 is 1.26 bits per heavy atom. The fourth-order valence-corrected chi connectivity index (χ4v) is 3.30. The van der Waals surface area contributed by atoms with Crippen LogP contribution in [-0.4, -0.2) is 20.6 Å². The molecule has 2 aromatic carbocycles. The number of rotatable bonds is 4. The van der Waals surface area contributed by atoms with Crippen molar-refractivity contribution in [3.8, 4) is 6.07 Å². The summed E-state index contributed by atoms with van der Waals surface area (Å²) in [7, 11) is -4.12. The van der Waals surface area contributed by atoms with Crippen LogP contribution in [0.25, 0.3) is 0 Å². The zero-order valence-electron chi connectivity index (χ0n) is 11.9. The van der Waals surface area contributed by atoms with Gasteiger partial charge >= 0.3 is 0 Å². The van der Waals surface area contributed by atoms with Gasteiger partial charge in [0.15, 0.2) is 0 Å². The molecule has 0 unspecified atom stereocenters. The number of thioether (sulfide) groups is 1. The van der Waals surface area contributed by atoms with Gasteiger partial charge in [-0.05, 0) is 42.7 Å². The average molecular weight is 350 g/mol. The van der Waals surface area contributed by atoms with Gasteiger partial charge in [-0.3, -0.25) is 4.79 Å². The van der Waals surface area contributed by atoms with E-state index >= 15 is 0 Å². The second-order valence-corrected chi connectivity index (χ2v) is 6.95. The SMILES string of the molecule is CSc1cc(C(=O)NS(=O)(=O)c2cccc(C#N)c2)ccc1F. The molecule has 0 aliphatic heterocycles. The first-order valence-corrected chi connectivity index (χ1v) is 8.99. The Kier molecular flexibility index (Phi) is 5.03. The zero-order chi connectivity index (χ0) is 17.0. The van der Waals surface area contributed by atoms with E-state index in [1.807, 2.05) is 10.8 Å². The molecular weight excluding hydrogens is 339 g/mol. The van der Waals surface area contributed by atoms with Gasteiger partial charge < -0.3 is 0 Å². The number of nitriles is 1. The molecule has 0 bridgehead atoms. The number of amides is 1. The van der Waals surface area contributed by atoms with Crippen LogP contribution >= 0.6 is 11.8 Å². The monoisotopic (exact) mass is 350 g/mol. The number of nitrogens with one attached hydrogen (secondary N) is 1. The van der Waals surface area contributed by atoms with E-state index in [1.165, 1.54) is 30.3 Å². The third-order valence-electron chi connectivity index (χ3n) is 2.91. The molecule has 0 saturated heterocycles. The van der Waals surface area contributed by atoms with Gasteiger partial charge in [-0.1, -0.05) is 6.07 Å². The summed E-state index contributed by atoms with van der Waals surface area (Å²) in [5.41, 5.74) is 0.183. The van der Waals surface area contributed by atoms with Crippen molar-refractivity contribution >= 4 is 27.7 Å². The maximum atomic E-state index is 13.4. The highest BCUT2D eigenvalue weighted by molar-refractivity contribution is 7.98. The molecule has 1 N–H and O–H groups in total. The zero-order valence-corrected chi connectivity index (χ0v) is 13.5. The van der Waals surface area contributed by atoms with Crippen LogP contribution in [0.1, 0.15) is 15.9 Å². The Morgan fingerprint density at radius 2 is 2.00 bits per heavy atom. The van der Waals surface area contributed by atoms with Gasteiger partial charge in [0.1, 0.15) is 5.82 Å². The standard InChI is InChI=1S/C15H11FN2O3S2/c1-22-14-8-11(5-6-13(14)16)15(19)18-23(20,21)12-4-2-3-10(7-12)9-17/h2-8H,1H3,(H,18,19). The van der Waals surface area contributed by atoms with Crippen LogP contribution in [0.2, 0.25) is 0 Å². The molecule has 8 heteroatoms. The lowest BCUT2D eigenvalue weighted by Gasteiger charge is -2.08. The molecule has 1 amide bonds. The second kappa shape index (κ2) is 6.81. The van der Waals surface area contributed by atoms with Crippen molar-refractivity contribution in [2.45, 2.75) is 9.79 Å². The Morgan fingerprint density at radius 3 is 2.65 bits per heavy atom. The minimum absolute atomic E-state index is 0.0239. The molecule has 0 radical (unpaired) electrons. The highest BCUT2D eigenvalue weighted by Crippen LogP contribution is 2.21. The van der Waals surface area contributed by atoms with Gasteiger partial charge in [0.2, 0.25) is 0 Å². The lowest BCUT2D eigenvalue weighted by atomic mass is 10.2. The molecule has 0 aliphatic rings. The number of benzene rings is 2.